The average molecular weight is 465 g/mol. The molecule has 3 aromatic rings. The lowest BCUT2D eigenvalue weighted by Crippen LogP contribution is -2.40. The summed E-state index contributed by atoms with van der Waals surface area (Å²) in [7, 11) is 3.15. The number of hydrogen-bond acceptors (Lipinski definition) is 5. The summed E-state index contributed by atoms with van der Waals surface area (Å²) in [6.07, 6.45) is 2.20. The van der Waals surface area contributed by atoms with Crippen LogP contribution in [0.2, 0.25) is 0 Å². The predicted molar refractivity (Wildman–Crippen MR) is 132 cm³/mol. The summed E-state index contributed by atoms with van der Waals surface area (Å²) in [6, 6.07) is 15.2. The highest BCUT2D eigenvalue weighted by molar-refractivity contribution is 5.93. The summed E-state index contributed by atoms with van der Waals surface area (Å²) < 4.78 is 12.6. The van der Waals surface area contributed by atoms with Crippen LogP contribution in [-0.4, -0.2) is 53.6 Å². The fraction of sp³-hybridized carbons (Fsp3) is 0.346. The van der Waals surface area contributed by atoms with Gasteiger partial charge in [-0.25, -0.2) is 4.98 Å². The van der Waals surface area contributed by atoms with Gasteiger partial charge in [0, 0.05) is 30.8 Å². The topological polar surface area (TPSA) is 85.7 Å². The van der Waals surface area contributed by atoms with Crippen molar-refractivity contribution in [3.63, 3.8) is 0 Å². The number of carbonyl (C=O) groups excluding carboxylic acids is 2. The number of nitrogens with one attached hydrogen (secondary N) is 1. The van der Waals surface area contributed by atoms with E-state index in [0.29, 0.717) is 36.1 Å². The number of benzene rings is 2. The van der Waals surface area contributed by atoms with Gasteiger partial charge in [0.25, 0.3) is 0 Å². The molecular formula is C26H32N4O4. The molecule has 34 heavy (non-hydrogen) atoms. The zero-order valence-electron chi connectivity index (χ0n) is 20.4. The van der Waals surface area contributed by atoms with Gasteiger partial charge in [-0.1, -0.05) is 51.1 Å². The van der Waals surface area contributed by atoms with Crippen LogP contribution in [-0.2, 0) is 9.59 Å². The first kappa shape index (κ1) is 24.8. The van der Waals surface area contributed by atoms with Gasteiger partial charge < -0.3 is 14.4 Å². The summed E-state index contributed by atoms with van der Waals surface area (Å²) in [5, 5.41) is 2.89. The molecule has 3 rings (SSSR count). The van der Waals surface area contributed by atoms with Gasteiger partial charge in [-0.05, 0) is 18.1 Å². The molecule has 0 unspecified atom stereocenters. The first-order chi connectivity index (χ1) is 16.4. The molecule has 0 atom stereocenters. The average Bonchev–Trinajstić information content (AvgIpc) is 3.26. The molecule has 8 nitrogen and oxygen atoms in total. The van der Waals surface area contributed by atoms with E-state index >= 15 is 0 Å². The number of carbonyl (C=O) groups is 2. The minimum absolute atomic E-state index is 0.0374. The molecule has 0 fully saturated rings. The number of imidazole rings is 1. The molecule has 0 saturated heterocycles. The smallest absolute Gasteiger partial charge is 0.246 e. The molecule has 2 amide bonds. The van der Waals surface area contributed by atoms with E-state index in [9.17, 15) is 9.59 Å². The number of aromatic nitrogens is 2. The SMILES string of the molecule is CCC(=O)N(CC(=O)Nc1nc(-c2ccccc2)cn1-c1ccc(OC)c(OC)c1)CC(C)C. The zero-order chi connectivity index (χ0) is 24.7. The molecule has 8 heteroatoms. The van der Waals surface area contributed by atoms with Gasteiger partial charge in [0.05, 0.1) is 32.1 Å². The van der Waals surface area contributed by atoms with Crippen molar-refractivity contribution in [1.82, 2.24) is 14.5 Å². The largest absolute Gasteiger partial charge is 0.493 e. The Labute approximate surface area is 200 Å². The van der Waals surface area contributed by atoms with Crippen LogP contribution in [0.1, 0.15) is 27.2 Å². The third-order valence-electron chi connectivity index (χ3n) is 5.25. The van der Waals surface area contributed by atoms with Gasteiger partial charge in [0.15, 0.2) is 11.5 Å². The highest BCUT2D eigenvalue weighted by atomic mass is 16.5. The maximum absolute atomic E-state index is 13.0. The minimum atomic E-state index is -0.311. The van der Waals surface area contributed by atoms with E-state index in [1.165, 1.54) is 0 Å². The van der Waals surface area contributed by atoms with Crippen LogP contribution in [0.4, 0.5) is 5.95 Å². The van der Waals surface area contributed by atoms with E-state index in [1.54, 1.807) is 36.7 Å². The first-order valence-electron chi connectivity index (χ1n) is 11.3. The van der Waals surface area contributed by atoms with Crippen LogP contribution >= 0.6 is 0 Å². The fourth-order valence-corrected chi connectivity index (χ4v) is 3.64. The molecule has 0 saturated carbocycles. The maximum atomic E-state index is 13.0. The number of ether oxygens (including phenoxy) is 2. The third kappa shape index (κ3) is 5.95. The molecule has 0 bridgehead atoms. The highest BCUT2D eigenvalue weighted by Crippen LogP contribution is 2.31. The molecule has 1 heterocycles. The molecule has 2 aromatic carbocycles. The van der Waals surface area contributed by atoms with E-state index in [-0.39, 0.29) is 24.3 Å². The molecule has 0 spiro atoms. The van der Waals surface area contributed by atoms with Crippen LogP contribution in [0, 0.1) is 5.92 Å². The monoisotopic (exact) mass is 464 g/mol. The van der Waals surface area contributed by atoms with Gasteiger partial charge in [0.1, 0.15) is 0 Å². The number of amides is 2. The Morgan fingerprint density at radius 3 is 2.38 bits per heavy atom. The molecular weight excluding hydrogens is 432 g/mol. The Balaban J connectivity index is 1.96. The Kier molecular flexibility index (Phi) is 8.29. The van der Waals surface area contributed by atoms with Crippen LogP contribution in [0.15, 0.2) is 54.7 Å². The van der Waals surface area contributed by atoms with E-state index < -0.39 is 0 Å². The number of anilines is 1. The van der Waals surface area contributed by atoms with Crippen molar-refractivity contribution in [3.05, 3.63) is 54.7 Å². The van der Waals surface area contributed by atoms with E-state index in [1.807, 2.05) is 62.5 Å². The van der Waals surface area contributed by atoms with Crippen molar-refractivity contribution in [1.29, 1.82) is 0 Å². The number of methoxy groups -OCH3 is 2. The molecule has 1 N–H and O–H groups in total. The first-order valence-corrected chi connectivity index (χ1v) is 11.3. The van der Waals surface area contributed by atoms with Gasteiger partial charge in [-0.2, -0.15) is 0 Å². The molecule has 0 aliphatic carbocycles. The van der Waals surface area contributed by atoms with Crippen molar-refractivity contribution in [2.24, 2.45) is 5.92 Å². The second-order valence-corrected chi connectivity index (χ2v) is 8.29. The van der Waals surface area contributed by atoms with E-state index in [4.69, 9.17) is 9.47 Å². The molecule has 0 radical (unpaired) electrons. The van der Waals surface area contributed by atoms with Crippen LogP contribution in [0.25, 0.3) is 16.9 Å². The lowest BCUT2D eigenvalue weighted by molar-refractivity contribution is -0.134. The quantitative estimate of drug-likeness (QED) is 0.481. The Morgan fingerprint density at radius 2 is 1.76 bits per heavy atom. The van der Waals surface area contributed by atoms with Crippen molar-refractivity contribution in [3.8, 4) is 28.4 Å². The van der Waals surface area contributed by atoms with Gasteiger partial charge in [-0.15, -0.1) is 0 Å². The van der Waals surface area contributed by atoms with E-state index in [2.05, 4.69) is 10.3 Å². The summed E-state index contributed by atoms with van der Waals surface area (Å²) >= 11 is 0. The predicted octanol–water partition coefficient (Wildman–Crippen LogP) is 4.39. The number of hydrogen-bond donors (Lipinski definition) is 1. The van der Waals surface area contributed by atoms with Gasteiger partial charge >= 0.3 is 0 Å². The highest BCUT2D eigenvalue weighted by Gasteiger charge is 2.20. The van der Waals surface area contributed by atoms with Crippen molar-refractivity contribution >= 4 is 17.8 Å². The second kappa shape index (κ2) is 11.4. The van der Waals surface area contributed by atoms with Gasteiger partial charge in [-0.3, -0.25) is 19.5 Å². The maximum Gasteiger partial charge on any atom is 0.246 e. The molecule has 0 aliphatic rings. The van der Waals surface area contributed by atoms with Crippen molar-refractivity contribution in [2.45, 2.75) is 27.2 Å². The lowest BCUT2D eigenvalue weighted by Gasteiger charge is -2.23. The van der Waals surface area contributed by atoms with Gasteiger partial charge in [0.2, 0.25) is 17.8 Å². The third-order valence-corrected chi connectivity index (χ3v) is 5.25. The van der Waals surface area contributed by atoms with Crippen LogP contribution < -0.4 is 14.8 Å². The Hall–Kier alpha value is -3.81. The summed E-state index contributed by atoms with van der Waals surface area (Å²) in [6.45, 7) is 6.31. The van der Waals surface area contributed by atoms with Crippen molar-refractivity contribution in [2.75, 3.05) is 32.6 Å². The fourth-order valence-electron chi connectivity index (χ4n) is 3.64. The van der Waals surface area contributed by atoms with Crippen LogP contribution in [0.3, 0.4) is 0 Å². The summed E-state index contributed by atoms with van der Waals surface area (Å²) in [5.41, 5.74) is 2.36. The van der Waals surface area contributed by atoms with E-state index in [0.717, 1.165) is 11.3 Å². The van der Waals surface area contributed by atoms with Crippen LogP contribution in [0.5, 0.6) is 11.5 Å². The second-order valence-electron chi connectivity index (χ2n) is 8.29. The molecule has 1 aromatic heterocycles. The standard InChI is InChI=1S/C26H32N4O4/c1-6-25(32)29(15-18(2)3)17-24(31)28-26-27-21(19-10-8-7-9-11-19)16-30(26)20-12-13-22(33-4)23(14-20)34-5/h7-14,16,18H,6,15,17H2,1-5H3,(H,27,28,31). The zero-order valence-corrected chi connectivity index (χ0v) is 20.4. The number of nitrogens with zero attached hydrogens (tertiary/aromatic N) is 3. The molecule has 180 valence electrons. The summed E-state index contributed by atoms with van der Waals surface area (Å²) in [4.78, 5) is 31.6. The Bertz CT molecular complexity index is 1130. The summed E-state index contributed by atoms with van der Waals surface area (Å²) in [5.74, 6) is 1.39. The lowest BCUT2D eigenvalue weighted by atomic mass is 10.2. The molecule has 0 aliphatic heterocycles. The minimum Gasteiger partial charge on any atom is -0.493 e. The van der Waals surface area contributed by atoms with Crippen molar-refractivity contribution < 1.29 is 19.1 Å². The Morgan fingerprint density at radius 1 is 1.06 bits per heavy atom. The number of rotatable bonds is 10. The normalized spacial score (nSPS) is 10.8.